The average molecular weight is 311 g/mol. The molecular formula is C14H15ClN2O2S. The molecule has 20 heavy (non-hydrogen) atoms. The minimum Gasteiger partial charge on any atom is -0.399 e. The van der Waals surface area contributed by atoms with E-state index in [-0.39, 0.29) is 4.90 Å². The van der Waals surface area contributed by atoms with Crippen LogP contribution in [0.1, 0.15) is 11.1 Å². The Kier molecular flexibility index (Phi) is 3.92. The smallest absolute Gasteiger partial charge is 0.262 e. The maximum Gasteiger partial charge on any atom is 0.262 e. The van der Waals surface area contributed by atoms with Gasteiger partial charge in [0.15, 0.2) is 0 Å². The van der Waals surface area contributed by atoms with Gasteiger partial charge in [0.05, 0.1) is 15.6 Å². The van der Waals surface area contributed by atoms with Crippen molar-refractivity contribution in [3.8, 4) is 0 Å². The van der Waals surface area contributed by atoms with E-state index in [2.05, 4.69) is 4.72 Å². The van der Waals surface area contributed by atoms with Crippen molar-refractivity contribution in [2.45, 2.75) is 18.7 Å². The Morgan fingerprint density at radius 1 is 1.10 bits per heavy atom. The number of anilines is 2. The van der Waals surface area contributed by atoms with Gasteiger partial charge in [-0.3, -0.25) is 4.72 Å². The summed E-state index contributed by atoms with van der Waals surface area (Å²) in [5.41, 5.74) is 7.90. The normalized spacial score (nSPS) is 11.3. The van der Waals surface area contributed by atoms with Crippen LogP contribution in [0.3, 0.4) is 0 Å². The molecule has 0 aromatic heterocycles. The molecule has 106 valence electrons. The number of nitrogens with one attached hydrogen (secondary N) is 1. The number of hydrogen-bond acceptors (Lipinski definition) is 3. The zero-order valence-corrected chi connectivity index (χ0v) is 12.7. The van der Waals surface area contributed by atoms with Crippen LogP contribution in [-0.4, -0.2) is 8.42 Å². The van der Waals surface area contributed by atoms with Crippen molar-refractivity contribution >= 4 is 33.0 Å². The number of rotatable bonds is 3. The summed E-state index contributed by atoms with van der Waals surface area (Å²) in [5, 5.41) is 0.363. The third kappa shape index (κ3) is 2.89. The molecule has 0 fully saturated rings. The zero-order chi connectivity index (χ0) is 14.9. The highest BCUT2D eigenvalue weighted by atomic mass is 35.5. The van der Waals surface area contributed by atoms with Gasteiger partial charge in [0.25, 0.3) is 10.0 Å². The quantitative estimate of drug-likeness (QED) is 0.854. The van der Waals surface area contributed by atoms with Crippen LogP contribution in [0.15, 0.2) is 41.3 Å². The Morgan fingerprint density at radius 2 is 1.80 bits per heavy atom. The van der Waals surface area contributed by atoms with Crippen LogP contribution in [0.4, 0.5) is 11.4 Å². The summed E-state index contributed by atoms with van der Waals surface area (Å²) in [4.78, 5) is 0.186. The molecule has 0 aliphatic carbocycles. The monoisotopic (exact) mass is 310 g/mol. The summed E-state index contributed by atoms with van der Waals surface area (Å²) in [6.07, 6.45) is 0. The Bertz CT molecular complexity index is 738. The first-order valence-electron chi connectivity index (χ1n) is 5.95. The molecule has 0 amide bonds. The molecule has 2 aromatic carbocycles. The largest absolute Gasteiger partial charge is 0.399 e. The Hall–Kier alpha value is -1.72. The third-order valence-electron chi connectivity index (χ3n) is 2.95. The highest BCUT2D eigenvalue weighted by Gasteiger charge is 2.19. The van der Waals surface area contributed by atoms with E-state index >= 15 is 0 Å². The van der Waals surface area contributed by atoms with Crippen LogP contribution in [-0.2, 0) is 10.0 Å². The van der Waals surface area contributed by atoms with Crippen molar-refractivity contribution in [1.29, 1.82) is 0 Å². The maximum atomic E-state index is 12.4. The first-order valence-corrected chi connectivity index (χ1v) is 7.81. The van der Waals surface area contributed by atoms with Gasteiger partial charge in [-0.05, 0) is 49.2 Å². The van der Waals surface area contributed by atoms with Gasteiger partial charge >= 0.3 is 0 Å². The molecule has 0 saturated carbocycles. The molecule has 0 atom stereocenters. The highest BCUT2D eigenvalue weighted by molar-refractivity contribution is 7.92. The lowest BCUT2D eigenvalue weighted by Gasteiger charge is -2.13. The van der Waals surface area contributed by atoms with E-state index in [9.17, 15) is 8.42 Å². The number of halogens is 1. The minimum absolute atomic E-state index is 0.186. The van der Waals surface area contributed by atoms with Gasteiger partial charge in [-0.25, -0.2) is 8.42 Å². The van der Waals surface area contributed by atoms with Gasteiger partial charge in [-0.2, -0.15) is 0 Å². The molecule has 2 rings (SSSR count). The van der Waals surface area contributed by atoms with E-state index in [1.54, 1.807) is 44.2 Å². The lowest BCUT2D eigenvalue weighted by atomic mass is 10.2. The number of para-hydroxylation sites is 1. The molecular weight excluding hydrogens is 296 g/mol. The summed E-state index contributed by atoms with van der Waals surface area (Å²) in [6, 6.07) is 9.86. The first-order chi connectivity index (χ1) is 9.31. The molecule has 0 radical (unpaired) electrons. The molecule has 0 spiro atoms. The lowest BCUT2D eigenvalue weighted by Crippen LogP contribution is -2.15. The molecule has 2 aromatic rings. The summed E-state index contributed by atoms with van der Waals surface area (Å²) in [6.45, 7) is 3.49. The molecule has 0 heterocycles. The fourth-order valence-electron chi connectivity index (χ4n) is 1.92. The Balaban J connectivity index is 2.46. The molecule has 3 N–H and O–H groups in total. The lowest BCUT2D eigenvalue weighted by molar-refractivity contribution is 0.600. The predicted octanol–water partition coefficient (Wildman–Crippen LogP) is 3.34. The zero-order valence-electron chi connectivity index (χ0n) is 11.1. The van der Waals surface area contributed by atoms with Gasteiger partial charge < -0.3 is 5.73 Å². The molecule has 0 bridgehead atoms. The van der Waals surface area contributed by atoms with Crippen molar-refractivity contribution in [2.75, 3.05) is 10.5 Å². The highest BCUT2D eigenvalue weighted by Crippen LogP contribution is 2.29. The van der Waals surface area contributed by atoms with E-state index in [1.165, 1.54) is 6.07 Å². The topological polar surface area (TPSA) is 72.2 Å². The molecule has 0 unspecified atom stereocenters. The number of aryl methyl sites for hydroxylation is 2. The van der Waals surface area contributed by atoms with Crippen LogP contribution < -0.4 is 10.5 Å². The fourth-order valence-corrected chi connectivity index (χ4v) is 3.63. The van der Waals surface area contributed by atoms with E-state index in [1.807, 2.05) is 0 Å². The van der Waals surface area contributed by atoms with Crippen LogP contribution in [0.5, 0.6) is 0 Å². The molecule has 4 nitrogen and oxygen atoms in total. The first kappa shape index (κ1) is 14.7. The van der Waals surface area contributed by atoms with Crippen LogP contribution in [0.2, 0.25) is 5.02 Å². The SMILES string of the molecule is Cc1cc(N)ccc1S(=O)(=O)Nc1c(C)cccc1Cl. The van der Waals surface area contributed by atoms with Crippen molar-refractivity contribution in [1.82, 2.24) is 0 Å². The standard InChI is InChI=1S/C14H15ClN2O2S/c1-9-4-3-5-12(15)14(9)17-20(18,19)13-7-6-11(16)8-10(13)2/h3-8,17H,16H2,1-2H3. The van der Waals surface area contributed by atoms with Crippen molar-refractivity contribution in [3.05, 3.63) is 52.5 Å². The van der Waals surface area contributed by atoms with Gasteiger partial charge in [0.1, 0.15) is 0 Å². The Morgan fingerprint density at radius 3 is 2.40 bits per heavy atom. The van der Waals surface area contributed by atoms with Gasteiger partial charge in [0, 0.05) is 5.69 Å². The van der Waals surface area contributed by atoms with E-state index in [0.29, 0.717) is 22.0 Å². The van der Waals surface area contributed by atoms with Crippen molar-refractivity contribution < 1.29 is 8.42 Å². The number of benzene rings is 2. The predicted molar refractivity (Wildman–Crippen MR) is 82.6 cm³/mol. The van der Waals surface area contributed by atoms with Crippen molar-refractivity contribution in [2.24, 2.45) is 0 Å². The van der Waals surface area contributed by atoms with Crippen molar-refractivity contribution in [3.63, 3.8) is 0 Å². The second-order valence-electron chi connectivity index (χ2n) is 4.56. The van der Waals surface area contributed by atoms with Crippen LogP contribution in [0.25, 0.3) is 0 Å². The molecule has 6 heteroatoms. The van der Waals surface area contributed by atoms with Gasteiger partial charge in [-0.1, -0.05) is 23.7 Å². The van der Waals surface area contributed by atoms with Crippen LogP contribution >= 0.6 is 11.6 Å². The number of hydrogen-bond donors (Lipinski definition) is 2. The van der Waals surface area contributed by atoms with Crippen LogP contribution in [0, 0.1) is 13.8 Å². The minimum atomic E-state index is -3.70. The molecule has 0 aliphatic heterocycles. The summed E-state index contributed by atoms with van der Waals surface area (Å²) >= 11 is 6.04. The average Bonchev–Trinajstić information content (AvgIpc) is 2.33. The van der Waals surface area contributed by atoms with Gasteiger partial charge in [0.2, 0.25) is 0 Å². The summed E-state index contributed by atoms with van der Waals surface area (Å²) in [7, 11) is -3.70. The Labute approximate surface area is 123 Å². The molecule has 0 saturated heterocycles. The fraction of sp³-hybridized carbons (Fsp3) is 0.143. The van der Waals surface area contributed by atoms with E-state index < -0.39 is 10.0 Å². The maximum absolute atomic E-state index is 12.4. The number of nitrogen functional groups attached to an aromatic ring is 1. The van der Waals surface area contributed by atoms with E-state index in [4.69, 9.17) is 17.3 Å². The second-order valence-corrected chi connectivity index (χ2v) is 6.62. The number of sulfonamides is 1. The summed E-state index contributed by atoms with van der Waals surface area (Å²) < 4.78 is 27.4. The third-order valence-corrected chi connectivity index (χ3v) is 4.77. The van der Waals surface area contributed by atoms with Gasteiger partial charge in [-0.15, -0.1) is 0 Å². The van der Waals surface area contributed by atoms with E-state index in [0.717, 1.165) is 5.56 Å². The second kappa shape index (κ2) is 5.34. The number of nitrogens with two attached hydrogens (primary N) is 1. The summed E-state index contributed by atoms with van der Waals surface area (Å²) in [5.74, 6) is 0. The molecule has 0 aliphatic rings.